The maximum Gasteiger partial charge on any atom is 0.407 e. The fourth-order valence-electron chi connectivity index (χ4n) is 2.93. The van der Waals surface area contributed by atoms with Crippen molar-refractivity contribution in [2.24, 2.45) is 0 Å². The van der Waals surface area contributed by atoms with Crippen molar-refractivity contribution in [2.45, 2.75) is 45.8 Å². The van der Waals surface area contributed by atoms with Crippen molar-refractivity contribution in [3.8, 4) is 0 Å². The van der Waals surface area contributed by atoms with Gasteiger partial charge in [0.15, 0.2) is 0 Å². The molecule has 0 unspecified atom stereocenters. The number of benzene rings is 1. The summed E-state index contributed by atoms with van der Waals surface area (Å²) in [6.45, 7) is 13.1. The molecule has 0 aromatic heterocycles. The molecule has 1 aromatic rings. The standard InChI is InChI=1S/C21H35N3O3/c1-21(2,3)27-20(25)23-11-9-18-5-7-19(8-6-18)17-22-10-4-12-24-13-15-26-16-14-24/h5-8,22H,4,9-17H2,1-3H3,(H,23,25). The second kappa shape index (κ2) is 11.3. The monoisotopic (exact) mass is 377 g/mol. The molecule has 1 fully saturated rings. The SMILES string of the molecule is CC(C)(C)OC(=O)NCCc1ccc(CNCCCN2CCOCC2)cc1. The first-order valence-electron chi connectivity index (χ1n) is 9.98. The van der Waals surface area contributed by atoms with E-state index in [0.29, 0.717) is 6.54 Å². The lowest BCUT2D eigenvalue weighted by Crippen LogP contribution is -2.37. The van der Waals surface area contributed by atoms with Gasteiger partial charge in [0.25, 0.3) is 0 Å². The fourth-order valence-corrected chi connectivity index (χ4v) is 2.93. The van der Waals surface area contributed by atoms with E-state index in [1.807, 2.05) is 20.8 Å². The Morgan fingerprint density at radius 2 is 1.78 bits per heavy atom. The molecule has 1 aromatic carbocycles. The van der Waals surface area contributed by atoms with E-state index >= 15 is 0 Å². The smallest absolute Gasteiger partial charge is 0.407 e. The number of nitrogens with zero attached hydrogens (tertiary/aromatic N) is 1. The molecule has 27 heavy (non-hydrogen) atoms. The first-order valence-corrected chi connectivity index (χ1v) is 9.98. The molecule has 0 spiro atoms. The summed E-state index contributed by atoms with van der Waals surface area (Å²) in [4.78, 5) is 14.1. The van der Waals surface area contributed by atoms with Gasteiger partial charge in [-0.05, 0) is 57.8 Å². The van der Waals surface area contributed by atoms with Crippen LogP contribution in [-0.2, 0) is 22.4 Å². The van der Waals surface area contributed by atoms with E-state index in [4.69, 9.17) is 9.47 Å². The van der Waals surface area contributed by atoms with Crippen molar-refractivity contribution >= 4 is 6.09 Å². The van der Waals surface area contributed by atoms with Gasteiger partial charge in [0, 0.05) is 26.2 Å². The third-order valence-electron chi connectivity index (χ3n) is 4.37. The maximum atomic E-state index is 11.6. The summed E-state index contributed by atoms with van der Waals surface area (Å²) in [6.07, 6.45) is 1.60. The Morgan fingerprint density at radius 1 is 1.11 bits per heavy atom. The zero-order valence-electron chi connectivity index (χ0n) is 17.1. The van der Waals surface area contributed by atoms with Gasteiger partial charge >= 0.3 is 6.09 Å². The summed E-state index contributed by atoms with van der Waals surface area (Å²) >= 11 is 0. The number of hydrogen-bond acceptors (Lipinski definition) is 5. The number of nitrogens with one attached hydrogen (secondary N) is 2. The van der Waals surface area contributed by atoms with Gasteiger partial charge in [-0.15, -0.1) is 0 Å². The van der Waals surface area contributed by atoms with Crippen LogP contribution in [-0.4, -0.2) is 62.5 Å². The zero-order valence-corrected chi connectivity index (χ0v) is 17.1. The predicted molar refractivity (Wildman–Crippen MR) is 108 cm³/mol. The molecular formula is C21H35N3O3. The summed E-state index contributed by atoms with van der Waals surface area (Å²) in [7, 11) is 0. The molecule has 0 bridgehead atoms. The third kappa shape index (κ3) is 9.75. The highest BCUT2D eigenvalue weighted by Crippen LogP contribution is 2.07. The molecule has 6 nitrogen and oxygen atoms in total. The highest BCUT2D eigenvalue weighted by atomic mass is 16.6. The van der Waals surface area contributed by atoms with Crippen LogP contribution in [0.1, 0.15) is 38.3 Å². The molecule has 2 rings (SSSR count). The van der Waals surface area contributed by atoms with Crippen LogP contribution < -0.4 is 10.6 Å². The van der Waals surface area contributed by atoms with E-state index < -0.39 is 5.60 Å². The molecule has 6 heteroatoms. The Hall–Kier alpha value is -1.63. The van der Waals surface area contributed by atoms with Crippen LogP contribution in [0.25, 0.3) is 0 Å². The number of ether oxygens (including phenoxy) is 2. The van der Waals surface area contributed by atoms with Crippen molar-refractivity contribution in [1.29, 1.82) is 0 Å². The Morgan fingerprint density at radius 3 is 2.44 bits per heavy atom. The van der Waals surface area contributed by atoms with Gasteiger partial charge in [-0.2, -0.15) is 0 Å². The Bertz CT molecular complexity index is 549. The number of rotatable bonds is 9. The van der Waals surface area contributed by atoms with Crippen LogP contribution in [0, 0.1) is 0 Å². The van der Waals surface area contributed by atoms with E-state index in [2.05, 4.69) is 39.8 Å². The van der Waals surface area contributed by atoms with Crippen molar-refractivity contribution in [2.75, 3.05) is 45.9 Å². The fraction of sp³-hybridized carbons (Fsp3) is 0.667. The van der Waals surface area contributed by atoms with E-state index in [0.717, 1.165) is 58.8 Å². The van der Waals surface area contributed by atoms with Crippen LogP contribution in [0.5, 0.6) is 0 Å². The van der Waals surface area contributed by atoms with Crippen molar-refractivity contribution in [3.05, 3.63) is 35.4 Å². The van der Waals surface area contributed by atoms with E-state index in [-0.39, 0.29) is 6.09 Å². The second-order valence-electron chi connectivity index (χ2n) is 7.98. The highest BCUT2D eigenvalue weighted by molar-refractivity contribution is 5.67. The van der Waals surface area contributed by atoms with Crippen LogP contribution in [0.4, 0.5) is 4.79 Å². The van der Waals surface area contributed by atoms with Gasteiger partial charge in [0.1, 0.15) is 5.60 Å². The predicted octanol–water partition coefficient (Wildman–Crippen LogP) is 2.57. The zero-order chi connectivity index (χ0) is 19.5. The molecular weight excluding hydrogens is 342 g/mol. The van der Waals surface area contributed by atoms with Crippen molar-refractivity contribution < 1.29 is 14.3 Å². The Kier molecular flexibility index (Phi) is 9.04. The molecule has 1 saturated heterocycles. The molecule has 152 valence electrons. The highest BCUT2D eigenvalue weighted by Gasteiger charge is 2.15. The quantitative estimate of drug-likeness (QED) is 0.648. The van der Waals surface area contributed by atoms with Crippen LogP contribution in [0.15, 0.2) is 24.3 Å². The molecule has 0 atom stereocenters. The summed E-state index contributed by atoms with van der Waals surface area (Å²) in [5.41, 5.74) is 2.04. The molecule has 1 amide bonds. The minimum absolute atomic E-state index is 0.361. The van der Waals surface area contributed by atoms with Crippen molar-refractivity contribution in [1.82, 2.24) is 15.5 Å². The number of amides is 1. The molecule has 0 radical (unpaired) electrons. The Labute approximate surface area is 163 Å². The lowest BCUT2D eigenvalue weighted by Gasteiger charge is -2.26. The summed E-state index contributed by atoms with van der Waals surface area (Å²) in [6, 6.07) is 8.55. The molecule has 0 saturated carbocycles. The van der Waals surface area contributed by atoms with Gasteiger partial charge in [-0.25, -0.2) is 4.79 Å². The lowest BCUT2D eigenvalue weighted by atomic mass is 10.1. The van der Waals surface area contributed by atoms with Gasteiger partial charge in [-0.3, -0.25) is 4.90 Å². The van der Waals surface area contributed by atoms with Crippen LogP contribution >= 0.6 is 0 Å². The average Bonchev–Trinajstić information content (AvgIpc) is 2.62. The minimum Gasteiger partial charge on any atom is -0.444 e. The first kappa shape index (κ1) is 21.7. The van der Waals surface area contributed by atoms with E-state index in [1.165, 1.54) is 11.1 Å². The lowest BCUT2D eigenvalue weighted by molar-refractivity contribution is 0.0374. The van der Waals surface area contributed by atoms with Crippen LogP contribution in [0.3, 0.4) is 0 Å². The largest absolute Gasteiger partial charge is 0.444 e. The van der Waals surface area contributed by atoms with Gasteiger partial charge in [0.2, 0.25) is 0 Å². The average molecular weight is 378 g/mol. The number of carbonyl (C=O) groups excluding carboxylic acids is 1. The van der Waals surface area contributed by atoms with Crippen molar-refractivity contribution in [3.63, 3.8) is 0 Å². The maximum absolute atomic E-state index is 11.6. The number of hydrogen-bond donors (Lipinski definition) is 2. The number of alkyl carbamates (subject to hydrolysis) is 1. The summed E-state index contributed by atoms with van der Waals surface area (Å²) in [5, 5.41) is 6.30. The topological polar surface area (TPSA) is 62.8 Å². The Balaban J connectivity index is 1.56. The molecule has 0 aliphatic carbocycles. The molecule has 2 N–H and O–H groups in total. The van der Waals surface area contributed by atoms with E-state index in [9.17, 15) is 4.79 Å². The number of morpholine rings is 1. The minimum atomic E-state index is -0.457. The second-order valence-corrected chi connectivity index (χ2v) is 7.98. The third-order valence-corrected chi connectivity index (χ3v) is 4.37. The first-order chi connectivity index (χ1) is 12.9. The number of carbonyl (C=O) groups is 1. The summed E-state index contributed by atoms with van der Waals surface area (Å²) in [5.74, 6) is 0. The van der Waals surface area contributed by atoms with Gasteiger partial charge in [-0.1, -0.05) is 24.3 Å². The van der Waals surface area contributed by atoms with Crippen LogP contribution in [0.2, 0.25) is 0 Å². The molecule has 1 aliphatic rings. The molecule has 1 aliphatic heterocycles. The summed E-state index contributed by atoms with van der Waals surface area (Å²) < 4.78 is 10.6. The normalized spacial score (nSPS) is 15.5. The van der Waals surface area contributed by atoms with E-state index in [1.54, 1.807) is 0 Å². The molecule has 1 heterocycles. The van der Waals surface area contributed by atoms with Gasteiger partial charge < -0.3 is 20.1 Å². The van der Waals surface area contributed by atoms with Gasteiger partial charge in [0.05, 0.1) is 13.2 Å².